The highest BCUT2D eigenvalue weighted by molar-refractivity contribution is 5.92. The van der Waals surface area contributed by atoms with Gasteiger partial charge in [-0.15, -0.1) is 0 Å². The SMILES string of the molecule is COC(CNC(=O)c1cnc[nH]1)C(=O)O. The van der Waals surface area contributed by atoms with Crippen LogP contribution in [-0.4, -0.2) is 46.7 Å². The molecule has 1 atom stereocenters. The van der Waals surface area contributed by atoms with E-state index in [4.69, 9.17) is 5.11 Å². The van der Waals surface area contributed by atoms with Crippen LogP contribution in [0, 0.1) is 0 Å². The average molecular weight is 213 g/mol. The maximum Gasteiger partial charge on any atom is 0.334 e. The molecule has 7 heteroatoms. The summed E-state index contributed by atoms with van der Waals surface area (Å²) < 4.78 is 4.64. The van der Waals surface area contributed by atoms with E-state index in [1.165, 1.54) is 19.6 Å². The van der Waals surface area contributed by atoms with Crippen LogP contribution in [0.15, 0.2) is 12.5 Å². The number of carboxylic acids is 1. The van der Waals surface area contributed by atoms with Crippen molar-refractivity contribution in [3.05, 3.63) is 18.2 Å². The summed E-state index contributed by atoms with van der Waals surface area (Å²) in [6, 6.07) is 0. The summed E-state index contributed by atoms with van der Waals surface area (Å²) in [5.74, 6) is -1.54. The number of aromatic amines is 1. The monoisotopic (exact) mass is 213 g/mol. The van der Waals surface area contributed by atoms with Gasteiger partial charge in [0.1, 0.15) is 5.69 Å². The number of carbonyl (C=O) groups is 2. The Hall–Kier alpha value is -1.89. The molecule has 7 nitrogen and oxygen atoms in total. The number of imidazole rings is 1. The molecule has 0 aromatic carbocycles. The second kappa shape index (κ2) is 5.11. The van der Waals surface area contributed by atoms with E-state index < -0.39 is 18.0 Å². The first kappa shape index (κ1) is 11.2. The third-order valence-electron chi connectivity index (χ3n) is 1.75. The van der Waals surface area contributed by atoms with E-state index in [2.05, 4.69) is 20.0 Å². The molecule has 0 bridgehead atoms. The molecule has 3 N–H and O–H groups in total. The Morgan fingerprint density at radius 1 is 1.73 bits per heavy atom. The molecule has 0 aliphatic heterocycles. The number of rotatable bonds is 5. The maximum absolute atomic E-state index is 11.3. The molecule has 0 fully saturated rings. The second-order valence-electron chi connectivity index (χ2n) is 2.74. The summed E-state index contributed by atoms with van der Waals surface area (Å²) in [6.07, 6.45) is 1.66. The zero-order valence-corrected chi connectivity index (χ0v) is 8.06. The molecule has 15 heavy (non-hydrogen) atoms. The van der Waals surface area contributed by atoms with Gasteiger partial charge in [0.25, 0.3) is 5.91 Å². The summed E-state index contributed by atoms with van der Waals surface area (Å²) in [7, 11) is 1.27. The van der Waals surface area contributed by atoms with Crippen LogP contribution < -0.4 is 5.32 Å². The van der Waals surface area contributed by atoms with Gasteiger partial charge in [0.15, 0.2) is 6.10 Å². The number of carboxylic acid groups (broad SMARTS) is 1. The molecular formula is C8H11N3O4. The van der Waals surface area contributed by atoms with E-state index >= 15 is 0 Å². The minimum absolute atomic E-state index is 0.0936. The zero-order valence-electron chi connectivity index (χ0n) is 8.06. The van der Waals surface area contributed by atoms with Crippen LogP contribution in [-0.2, 0) is 9.53 Å². The van der Waals surface area contributed by atoms with Crippen LogP contribution in [0.1, 0.15) is 10.5 Å². The Bertz CT molecular complexity index is 336. The van der Waals surface area contributed by atoms with Crippen LogP contribution >= 0.6 is 0 Å². The molecule has 1 aromatic heterocycles. The van der Waals surface area contributed by atoms with Crippen molar-refractivity contribution >= 4 is 11.9 Å². The van der Waals surface area contributed by atoms with Crippen molar-refractivity contribution in [3.8, 4) is 0 Å². The lowest BCUT2D eigenvalue weighted by Crippen LogP contribution is -2.37. The van der Waals surface area contributed by atoms with Gasteiger partial charge in [-0.05, 0) is 0 Å². The quantitative estimate of drug-likeness (QED) is 0.596. The third kappa shape index (κ3) is 3.06. The number of aromatic nitrogens is 2. The number of hydrogen-bond acceptors (Lipinski definition) is 4. The molecular weight excluding hydrogens is 202 g/mol. The molecule has 0 saturated carbocycles. The first-order valence-corrected chi connectivity index (χ1v) is 4.17. The largest absolute Gasteiger partial charge is 0.479 e. The number of H-pyrrole nitrogens is 1. The van der Waals surface area contributed by atoms with Crippen LogP contribution in [0.25, 0.3) is 0 Å². The Morgan fingerprint density at radius 2 is 2.47 bits per heavy atom. The van der Waals surface area contributed by atoms with E-state index in [9.17, 15) is 9.59 Å². The maximum atomic E-state index is 11.3. The van der Waals surface area contributed by atoms with E-state index in [1.54, 1.807) is 0 Å². The van der Waals surface area contributed by atoms with Crippen molar-refractivity contribution < 1.29 is 19.4 Å². The summed E-state index contributed by atoms with van der Waals surface area (Å²) in [4.78, 5) is 28.1. The molecule has 0 aliphatic rings. The predicted octanol–water partition coefficient (Wildman–Crippen LogP) is -0.761. The minimum atomic E-state index is -1.12. The van der Waals surface area contributed by atoms with Gasteiger partial charge in [0, 0.05) is 7.11 Å². The molecule has 82 valence electrons. The van der Waals surface area contributed by atoms with Gasteiger partial charge < -0.3 is 20.1 Å². The van der Waals surface area contributed by atoms with Gasteiger partial charge in [-0.1, -0.05) is 0 Å². The number of ether oxygens (including phenoxy) is 1. The van der Waals surface area contributed by atoms with Gasteiger partial charge in [-0.2, -0.15) is 0 Å². The van der Waals surface area contributed by atoms with Crippen LogP contribution in [0.5, 0.6) is 0 Å². The molecule has 0 saturated heterocycles. The highest BCUT2D eigenvalue weighted by Crippen LogP contribution is 1.92. The number of nitrogens with one attached hydrogen (secondary N) is 2. The summed E-state index contributed by atoms with van der Waals surface area (Å²) >= 11 is 0. The average Bonchev–Trinajstić information content (AvgIpc) is 2.70. The fraction of sp³-hybridized carbons (Fsp3) is 0.375. The van der Waals surface area contributed by atoms with Gasteiger partial charge in [-0.25, -0.2) is 9.78 Å². The molecule has 1 heterocycles. The van der Waals surface area contributed by atoms with E-state index in [-0.39, 0.29) is 12.2 Å². The molecule has 1 amide bonds. The van der Waals surface area contributed by atoms with Crippen LogP contribution in [0.4, 0.5) is 0 Å². The van der Waals surface area contributed by atoms with Gasteiger partial charge >= 0.3 is 5.97 Å². The van der Waals surface area contributed by atoms with Gasteiger partial charge in [-0.3, -0.25) is 4.79 Å². The van der Waals surface area contributed by atoms with E-state index in [0.29, 0.717) is 0 Å². The smallest absolute Gasteiger partial charge is 0.334 e. The summed E-state index contributed by atoms with van der Waals surface area (Å²) in [6.45, 7) is -0.0936. The van der Waals surface area contributed by atoms with Crippen molar-refractivity contribution in [1.29, 1.82) is 0 Å². The number of aliphatic carboxylic acids is 1. The van der Waals surface area contributed by atoms with Crippen LogP contribution in [0.2, 0.25) is 0 Å². The number of hydrogen-bond donors (Lipinski definition) is 3. The lowest BCUT2D eigenvalue weighted by Gasteiger charge is -2.10. The standard InChI is InChI=1S/C8H11N3O4/c1-15-6(8(13)14)3-10-7(12)5-2-9-4-11-5/h2,4,6H,3H2,1H3,(H,9,11)(H,10,12)(H,13,14). The Balaban J connectivity index is 2.43. The fourth-order valence-electron chi connectivity index (χ4n) is 0.932. The molecule has 0 radical (unpaired) electrons. The molecule has 0 aliphatic carbocycles. The molecule has 1 aromatic rings. The fourth-order valence-corrected chi connectivity index (χ4v) is 0.932. The molecule has 1 rings (SSSR count). The van der Waals surface area contributed by atoms with Crippen molar-refractivity contribution in [2.45, 2.75) is 6.10 Å². The van der Waals surface area contributed by atoms with Crippen LogP contribution in [0.3, 0.4) is 0 Å². The molecule has 0 spiro atoms. The van der Waals surface area contributed by atoms with Crippen molar-refractivity contribution in [2.24, 2.45) is 0 Å². The minimum Gasteiger partial charge on any atom is -0.479 e. The lowest BCUT2D eigenvalue weighted by atomic mass is 10.3. The summed E-state index contributed by atoms with van der Waals surface area (Å²) in [5.41, 5.74) is 0.273. The summed E-state index contributed by atoms with van der Waals surface area (Å²) in [5, 5.41) is 11.0. The van der Waals surface area contributed by atoms with Gasteiger partial charge in [0.05, 0.1) is 19.1 Å². The first-order chi connectivity index (χ1) is 7.15. The Kier molecular flexibility index (Phi) is 3.81. The number of amides is 1. The highest BCUT2D eigenvalue weighted by atomic mass is 16.5. The zero-order chi connectivity index (χ0) is 11.3. The highest BCUT2D eigenvalue weighted by Gasteiger charge is 2.17. The number of nitrogens with zero attached hydrogens (tertiary/aromatic N) is 1. The first-order valence-electron chi connectivity index (χ1n) is 4.17. The van der Waals surface area contributed by atoms with E-state index in [1.807, 2.05) is 0 Å². The van der Waals surface area contributed by atoms with E-state index in [0.717, 1.165) is 0 Å². The second-order valence-corrected chi connectivity index (χ2v) is 2.74. The third-order valence-corrected chi connectivity index (χ3v) is 1.75. The lowest BCUT2D eigenvalue weighted by molar-refractivity contribution is -0.148. The number of carbonyl (C=O) groups excluding carboxylic acids is 1. The Labute approximate surface area is 85.5 Å². The Morgan fingerprint density at radius 3 is 2.93 bits per heavy atom. The normalized spacial score (nSPS) is 12.1. The van der Waals surface area contributed by atoms with Crippen molar-refractivity contribution in [3.63, 3.8) is 0 Å². The van der Waals surface area contributed by atoms with Crippen molar-refractivity contribution in [1.82, 2.24) is 15.3 Å². The predicted molar refractivity (Wildman–Crippen MR) is 49.4 cm³/mol. The topological polar surface area (TPSA) is 104 Å². The number of methoxy groups -OCH3 is 1. The van der Waals surface area contributed by atoms with Gasteiger partial charge in [0.2, 0.25) is 0 Å². The van der Waals surface area contributed by atoms with Crippen molar-refractivity contribution in [2.75, 3.05) is 13.7 Å². The molecule has 1 unspecified atom stereocenters.